The van der Waals surface area contributed by atoms with Crippen LogP contribution in [-0.2, 0) is 9.26 Å². The summed E-state index contributed by atoms with van der Waals surface area (Å²) in [5.74, 6) is 0. The molecule has 2 rings (SSSR count). The molecule has 0 saturated heterocycles. The number of carbonyl (C=O) groups excluding carboxylic acids is 1. The third kappa shape index (κ3) is 6.31. The summed E-state index contributed by atoms with van der Waals surface area (Å²) in [6.45, 7) is 6.36. The zero-order valence-electron chi connectivity index (χ0n) is 14.4. The Hall–Kier alpha value is -1.90. The summed E-state index contributed by atoms with van der Waals surface area (Å²) in [6.07, 6.45) is -0.421. The van der Waals surface area contributed by atoms with Crippen molar-refractivity contribution in [2.75, 3.05) is 13.2 Å². The van der Waals surface area contributed by atoms with Gasteiger partial charge in [-0.2, -0.15) is 0 Å². The first-order valence-corrected chi connectivity index (χ1v) is 9.22. The highest BCUT2D eigenvalue weighted by molar-refractivity contribution is 7.68. The first-order chi connectivity index (χ1) is 11.5. The molecular formula is C19H24NO3P. The molecule has 0 bridgehead atoms. The molecule has 0 spiro atoms. The number of alkyl carbamates (subject to hydrolysis) is 1. The van der Waals surface area contributed by atoms with E-state index in [0.717, 1.165) is 10.6 Å². The minimum absolute atomic E-state index is 0.410. The van der Waals surface area contributed by atoms with Crippen LogP contribution in [0.4, 0.5) is 4.79 Å². The van der Waals surface area contributed by atoms with Gasteiger partial charge in [0, 0.05) is 17.2 Å². The van der Waals surface area contributed by atoms with Gasteiger partial charge in [-0.25, -0.2) is 4.79 Å². The van der Waals surface area contributed by atoms with Crippen LogP contribution in [0.1, 0.15) is 20.8 Å². The predicted molar refractivity (Wildman–Crippen MR) is 99.3 cm³/mol. The van der Waals surface area contributed by atoms with Gasteiger partial charge in [-0.3, -0.25) is 0 Å². The average Bonchev–Trinajstić information content (AvgIpc) is 2.55. The van der Waals surface area contributed by atoms with Crippen LogP contribution in [0.3, 0.4) is 0 Å². The second kappa shape index (κ2) is 8.81. The van der Waals surface area contributed by atoms with Crippen molar-refractivity contribution in [3.8, 4) is 0 Å². The van der Waals surface area contributed by atoms with E-state index in [1.807, 2.05) is 57.2 Å². The predicted octanol–water partition coefficient (Wildman–Crippen LogP) is 3.58. The number of hydrogen-bond acceptors (Lipinski definition) is 3. The highest BCUT2D eigenvalue weighted by Crippen LogP contribution is 2.34. The molecule has 0 aliphatic rings. The SMILES string of the molecule is CC(C)(C)OC(=O)NCCOP(c1ccccc1)c1ccccc1. The normalized spacial score (nSPS) is 11.3. The molecule has 2 aromatic carbocycles. The van der Waals surface area contributed by atoms with Crippen molar-refractivity contribution in [1.29, 1.82) is 0 Å². The molecule has 0 aliphatic heterocycles. The van der Waals surface area contributed by atoms with Crippen molar-refractivity contribution in [3.63, 3.8) is 0 Å². The Bertz CT molecular complexity index is 587. The molecule has 0 aromatic heterocycles. The van der Waals surface area contributed by atoms with E-state index < -0.39 is 19.8 Å². The van der Waals surface area contributed by atoms with Gasteiger partial charge in [-0.15, -0.1) is 0 Å². The Kier molecular flexibility index (Phi) is 6.77. The first kappa shape index (κ1) is 18.4. The molecule has 2 aromatic rings. The molecule has 0 radical (unpaired) electrons. The topological polar surface area (TPSA) is 47.6 Å². The molecule has 0 aliphatic carbocycles. The highest BCUT2D eigenvalue weighted by Gasteiger charge is 2.17. The fourth-order valence-electron chi connectivity index (χ4n) is 2.03. The van der Waals surface area contributed by atoms with Crippen LogP contribution in [0.15, 0.2) is 60.7 Å². The van der Waals surface area contributed by atoms with Crippen molar-refractivity contribution in [2.24, 2.45) is 0 Å². The summed E-state index contributed by atoms with van der Waals surface area (Å²) in [6, 6.07) is 20.3. The van der Waals surface area contributed by atoms with Gasteiger partial charge in [0.25, 0.3) is 0 Å². The number of hydrogen-bond donors (Lipinski definition) is 1. The van der Waals surface area contributed by atoms with E-state index in [4.69, 9.17) is 9.26 Å². The van der Waals surface area contributed by atoms with E-state index in [2.05, 4.69) is 29.6 Å². The van der Waals surface area contributed by atoms with Gasteiger partial charge in [0.2, 0.25) is 0 Å². The average molecular weight is 345 g/mol. The molecular weight excluding hydrogens is 321 g/mol. The first-order valence-electron chi connectivity index (χ1n) is 7.96. The third-order valence-corrected chi connectivity index (χ3v) is 4.95. The van der Waals surface area contributed by atoms with E-state index in [1.165, 1.54) is 0 Å². The zero-order chi connectivity index (χ0) is 17.4. The molecule has 0 atom stereocenters. The summed E-state index contributed by atoms with van der Waals surface area (Å²) < 4.78 is 11.3. The standard InChI is InChI=1S/C19H24NO3P/c1-19(2,3)23-18(21)20-14-15-22-24(16-10-6-4-7-11-16)17-12-8-5-9-13-17/h4-13H,14-15H2,1-3H3,(H,20,21). The van der Waals surface area contributed by atoms with Gasteiger partial charge in [0.05, 0.1) is 14.8 Å². The molecule has 24 heavy (non-hydrogen) atoms. The van der Waals surface area contributed by atoms with Crippen LogP contribution in [0.25, 0.3) is 0 Å². The molecule has 0 fully saturated rings. The Labute approximate surface area is 145 Å². The lowest BCUT2D eigenvalue weighted by Crippen LogP contribution is -2.34. The summed E-state index contributed by atoms with van der Waals surface area (Å²) in [5.41, 5.74) is -0.494. The van der Waals surface area contributed by atoms with E-state index >= 15 is 0 Å². The van der Waals surface area contributed by atoms with Crippen LogP contribution in [0.5, 0.6) is 0 Å². The van der Waals surface area contributed by atoms with E-state index in [9.17, 15) is 4.79 Å². The maximum absolute atomic E-state index is 11.7. The van der Waals surface area contributed by atoms with Crippen molar-refractivity contribution < 1.29 is 14.1 Å². The molecule has 1 amide bonds. The number of rotatable bonds is 6. The lowest BCUT2D eigenvalue weighted by atomic mass is 10.2. The van der Waals surface area contributed by atoms with Crippen molar-refractivity contribution in [1.82, 2.24) is 5.32 Å². The summed E-state index contributed by atoms with van der Waals surface area (Å²) in [4.78, 5) is 11.7. The Morgan fingerprint density at radius 3 is 1.92 bits per heavy atom. The fourth-order valence-corrected chi connectivity index (χ4v) is 3.79. The molecule has 4 nitrogen and oxygen atoms in total. The van der Waals surface area contributed by atoms with Crippen LogP contribution in [0, 0.1) is 0 Å². The van der Waals surface area contributed by atoms with Gasteiger partial charge in [-0.1, -0.05) is 60.7 Å². The van der Waals surface area contributed by atoms with E-state index in [1.54, 1.807) is 0 Å². The third-order valence-electron chi connectivity index (χ3n) is 2.97. The second-order valence-corrected chi connectivity index (χ2v) is 8.11. The smallest absolute Gasteiger partial charge is 0.407 e. The fraction of sp³-hybridized carbons (Fsp3) is 0.316. The van der Waals surface area contributed by atoms with Gasteiger partial charge in [0.15, 0.2) is 0 Å². The Morgan fingerprint density at radius 2 is 1.46 bits per heavy atom. The van der Waals surface area contributed by atoms with Crippen molar-refractivity contribution in [3.05, 3.63) is 60.7 Å². The molecule has 1 N–H and O–H groups in total. The van der Waals surface area contributed by atoms with Crippen LogP contribution in [-0.4, -0.2) is 24.8 Å². The summed E-state index contributed by atoms with van der Waals surface area (Å²) in [5, 5.41) is 5.02. The van der Waals surface area contributed by atoms with Gasteiger partial charge in [0.1, 0.15) is 5.60 Å². The van der Waals surface area contributed by atoms with Crippen LogP contribution < -0.4 is 15.9 Å². The summed E-state index contributed by atoms with van der Waals surface area (Å²) in [7, 11) is -0.901. The monoisotopic (exact) mass is 345 g/mol. The highest BCUT2D eigenvalue weighted by atomic mass is 31.1. The van der Waals surface area contributed by atoms with Gasteiger partial charge in [-0.05, 0) is 20.8 Å². The van der Waals surface area contributed by atoms with E-state index in [0.29, 0.717) is 13.2 Å². The number of nitrogens with one attached hydrogen (secondary N) is 1. The second-order valence-electron chi connectivity index (χ2n) is 6.23. The molecule has 128 valence electrons. The Balaban J connectivity index is 1.92. The maximum Gasteiger partial charge on any atom is 0.407 e. The van der Waals surface area contributed by atoms with Crippen LogP contribution >= 0.6 is 8.15 Å². The summed E-state index contributed by atoms with van der Waals surface area (Å²) >= 11 is 0. The number of ether oxygens (including phenoxy) is 1. The van der Waals surface area contributed by atoms with Gasteiger partial charge < -0.3 is 14.6 Å². The maximum atomic E-state index is 11.7. The van der Waals surface area contributed by atoms with Crippen molar-refractivity contribution >= 4 is 24.9 Å². The Morgan fingerprint density at radius 1 is 0.958 bits per heavy atom. The molecule has 0 heterocycles. The molecule has 5 heteroatoms. The lowest BCUT2D eigenvalue weighted by molar-refractivity contribution is 0.0521. The van der Waals surface area contributed by atoms with Crippen LogP contribution in [0.2, 0.25) is 0 Å². The number of carbonyl (C=O) groups is 1. The molecule has 0 saturated carbocycles. The minimum Gasteiger partial charge on any atom is -0.444 e. The molecule has 0 unspecified atom stereocenters. The minimum atomic E-state index is -0.901. The zero-order valence-corrected chi connectivity index (χ0v) is 15.3. The number of amides is 1. The largest absolute Gasteiger partial charge is 0.444 e. The number of benzene rings is 2. The lowest BCUT2D eigenvalue weighted by Gasteiger charge is -2.21. The van der Waals surface area contributed by atoms with E-state index in [-0.39, 0.29) is 0 Å². The van der Waals surface area contributed by atoms with Gasteiger partial charge >= 0.3 is 6.09 Å². The van der Waals surface area contributed by atoms with Crippen molar-refractivity contribution in [2.45, 2.75) is 26.4 Å². The quantitative estimate of drug-likeness (QED) is 0.643.